The van der Waals surface area contributed by atoms with Crippen LogP contribution < -0.4 is 10.2 Å². The van der Waals surface area contributed by atoms with Gasteiger partial charge >= 0.3 is 0 Å². The Bertz CT molecular complexity index is 758. The second-order valence-electron chi connectivity index (χ2n) is 7.90. The molecule has 4 rings (SSSR count). The summed E-state index contributed by atoms with van der Waals surface area (Å²) in [6.45, 7) is 6.19. The molecule has 140 valence electrons. The fourth-order valence-electron chi connectivity index (χ4n) is 4.43. The van der Waals surface area contributed by atoms with Crippen LogP contribution in [0.5, 0.6) is 0 Å². The number of nitrogens with one attached hydrogen (secondary N) is 1. The van der Waals surface area contributed by atoms with Crippen molar-refractivity contribution in [2.45, 2.75) is 52.0 Å². The standard InChI is InChI=1S/C18H27N7O/c1-12-4-3-5-13(2)17(12)19-18(26)14-8-10-24(11-9-14)16-7-6-15-20-22-23-25(15)21-16/h6-7,12-14,17H,3-5,8-11H2,1-2H3,(H,19,26). The van der Waals surface area contributed by atoms with E-state index in [1.165, 1.54) is 23.9 Å². The maximum atomic E-state index is 12.8. The normalized spacial score (nSPS) is 27.6. The number of carbonyl (C=O) groups is 1. The zero-order valence-electron chi connectivity index (χ0n) is 15.5. The molecule has 0 spiro atoms. The summed E-state index contributed by atoms with van der Waals surface area (Å²) in [6.07, 6.45) is 5.44. The Morgan fingerprint density at radius 2 is 1.85 bits per heavy atom. The first kappa shape index (κ1) is 17.2. The molecular formula is C18H27N7O. The average Bonchev–Trinajstić information content (AvgIpc) is 3.12. The van der Waals surface area contributed by atoms with Crippen LogP contribution in [0.25, 0.3) is 5.65 Å². The molecule has 1 aliphatic heterocycles. The van der Waals surface area contributed by atoms with Crippen molar-refractivity contribution in [1.82, 2.24) is 30.6 Å². The van der Waals surface area contributed by atoms with E-state index in [0.717, 1.165) is 31.7 Å². The highest BCUT2D eigenvalue weighted by Gasteiger charge is 2.32. The molecule has 0 radical (unpaired) electrons. The SMILES string of the molecule is CC1CCCC(C)C1NC(=O)C1CCN(c2ccc3nnnn3n2)CC1. The maximum absolute atomic E-state index is 12.8. The predicted molar refractivity (Wildman–Crippen MR) is 97.6 cm³/mol. The van der Waals surface area contributed by atoms with Gasteiger partial charge in [-0.1, -0.05) is 20.3 Å². The minimum Gasteiger partial charge on any atom is -0.355 e. The molecule has 2 unspecified atom stereocenters. The van der Waals surface area contributed by atoms with Crippen LogP contribution in [0, 0.1) is 17.8 Å². The Morgan fingerprint density at radius 3 is 2.58 bits per heavy atom. The van der Waals surface area contributed by atoms with E-state index < -0.39 is 0 Å². The summed E-state index contributed by atoms with van der Waals surface area (Å²) in [5.74, 6) is 2.35. The summed E-state index contributed by atoms with van der Waals surface area (Å²) >= 11 is 0. The first-order valence-electron chi connectivity index (χ1n) is 9.72. The van der Waals surface area contributed by atoms with Gasteiger partial charge in [0.15, 0.2) is 11.5 Å². The molecule has 1 N–H and O–H groups in total. The number of carbonyl (C=O) groups excluding carboxylic acids is 1. The fourth-order valence-corrected chi connectivity index (χ4v) is 4.43. The Morgan fingerprint density at radius 1 is 1.12 bits per heavy atom. The smallest absolute Gasteiger partial charge is 0.223 e. The molecule has 2 atom stereocenters. The lowest BCUT2D eigenvalue weighted by Crippen LogP contribution is -2.49. The van der Waals surface area contributed by atoms with Gasteiger partial charge in [-0.2, -0.15) is 0 Å². The second kappa shape index (κ2) is 7.17. The number of rotatable bonds is 3. The van der Waals surface area contributed by atoms with E-state index in [4.69, 9.17) is 0 Å². The van der Waals surface area contributed by atoms with Crippen molar-refractivity contribution in [3.63, 3.8) is 0 Å². The molecule has 2 aromatic heterocycles. The topological polar surface area (TPSA) is 88.3 Å². The number of tetrazole rings is 1. The number of amides is 1. The van der Waals surface area contributed by atoms with Gasteiger partial charge in [0, 0.05) is 25.0 Å². The molecule has 8 heteroatoms. The van der Waals surface area contributed by atoms with E-state index in [1.807, 2.05) is 12.1 Å². The van der Waals surface area contributed by atoms with Crippen LogP contribution >= 0.6 is 0 Å². The molecule has 0 bridgehead atoms. The highest BCUT2D eigenvalue weighted by atomic mass is 16.2. The van der Waals surface area contributed by atoms with Gasteiger partial charge in [0.05, 0.1) is 0 Å². The predicted octanol–water partition coefficient (Wildman–Crippen LogP) is 1.68. The highest BCUT2D eigenvalue weighted by Crippen LogP contribution is 2.30. The van der Waals surface area contributed by atoms with E-state index in [1.54, 1.807) is 0 Å². The number of hydrogen-bond acceptors (Lipinski definition) is 6. The van der Waals surface area contributed by atoms with Crippen molar-refractivity contribution < 1.29 is 4.79 Å². The van der Waals surface area contributed by atoms with Crippen LogP contribution in [0.1, 0.15) is 46.0 Å². The molecule has 8 nitrogen and oxygen atoms in total. The molecule has 1 amide bonds. The van der Waals surface area contributed by atoms with Crippen LogP contribution in [0.4, 0.5) is 5.82 Å². The van der Waals surface area contributed by atoms with E-state index in [9.17, 15) is 4.79 Å². The number of anilines is 1. The number of fused-ring (bicyclic) bond motifs is 1. The molecule has 2 fully saturated rings. The zero-order chi connectivity index (χ0) is 18.1. The lowest BCUT2D eigenvalue weighted by Gasteiger charge is -2.37. The summed E-state index contributed by atoms with van der Waals surface area (Å²) in [7, 11) is 0. The van der Waals surface area contributed by atoms with Crippen molar-refractivity contribution in [2.75, 3.05) is 18.0 Å². The zero-order valence-corrected chi connectivity index (χ0v) is 15.5. The van der Waals surface area contributed by atoms with Crippen LogP contribution in [0.15, 0.2) is 12.1 Å². The Labute approximate surface area is 153 Å². The summed E-state index contributed by atoms with van der Waals surface area (Å²) < 4.78 is 1.44. The van der Waals surface area contributed by atoms with Gasteiger partial charge in [0.25, 0.3) is 0 Å². The molecule has 1 saturated heterocycles. The lowest BCUT2D eigenvalue weighted by atomic mass is 9.78. The van der Waals surface area contributed by atoms with Gasteiger partial charge < -0.3 is 10.2 Å². The van der Waals surface area contributed by atoms with Crippen molar-refractivity contribution in [3.8, 4) is 0 Å². The highest BCUT2D eigenvalue weighted by molar-refractivity contribution is 5.79. The third kappa shape index (κ3) is 3.37. The molecule has 1 aliphatic carbocycles. The number of piperidine rings is 1. The molecule has 1 saturated carbocycles. The fraction of sp³-hybridized carbons (Fsp3) is 0.722. The number of aromatic nitrogens is 5. The molecule has 3 heterocycles. The monoisotopic (exact) mass is 357 g/mol. The van der Waals surface area contributed by atoms with Crippen molar-refractivity contribution in [1.29, 1.82) is 0 Å². The molecular weight excluding hydrogens is 330 g/mol. The van der Waals surface area contributed by atoms with E-state index in [0.29, 0.717) is 23.5 Å². The van der Waals surface area contributed by atoms with Gasteiger partial charge in [-0.3, -0.25) is 4.79 Å². The van der Waals surface area contributed by atoms with Crippen molar-refractivity contribution in [3.05, 3.63) is 12.1 Å². The first-order valence-corrected chi connectivity index (χ1v) is 9.72. The van der Waals surface area contributed by atoms with Crippen molar-refractivity contribution in [2.24, 2.45) is 17.8 Å². The summed E-state index contributed by atoms with van der Waals surface area (Å²) in [4.78, 5) is 15.0. The first-order chi connectivity index (χ1) is 12.6. The second-order valence-corrected chi connectivity index (χ2v) is 7.90. The van der Waals surface area contributed by atoms with Gasteiger partial charge in [0.1, 0.15) is 0 Å². The molecule has 0 aromatic carbocycles. The minimum absolute atomic E-state index is 0.101. The third-order valence-electron chi connectivity index (χ3n) is 6.10. The van der Waals surface area contributed by atoms with Gasteiger partial charge in [0.2, 0.25) is 5.91 Å². The third-order valence-corrected chi connectivity index (χ3v) is 6.10. The average molecular weight is 357 g/mol. The van der Waals surface area contributed by atoms with Gasteiger partial charge in [-0.25, -0.2) is 0 Å². The number of hydrogen-bond donors (Lipinski definition) is 1. The van der Waals surface area contributed by atoms with Gasteiger partial charge in [-0.15, -0.1) is 14.8 Å². The Balaban J connectivity index is 1.34. The summed E-state index contributed by atoms with van der Waals surface area (Å²) in [5.41, 5.74) is 0.638. The van der Waals surface area contributed by atoms with Crippen LogP contribution in [0.3, 0.4) is 0 Å². The molecule has 2 aromatic rings. The van der Waals surface area contributed by atoms with E-state index in [2.05, 4.69) is 44.7 Å². The van der Waals surface area contributed by atoms with Crippen molar-refractivity contribution >= 4 is 17.4 Å². The minimum atomic E-state index is 0.101. The molecule has 2 aliphatic rings. The summed E-state index contributed by atoms with van der Waals surface area (Å²) in [5, 5.41) is 19.2. The molecule has 26 heavy (non-hydrogen) atoms. The number of nitrogens with zero attached hydrogens (tertiary/aromatic N) is 6. The van der Waals surface area contributed by atoms with Crippen LogP contribution in [-0.4, -0.2) is 50.3 Å². The van der Waals surface area contributed by atoms with E-state index >= 15 is 0 Å². The Kier molecular flexibility index (Phi) is 4.74. The van der Waals surface area contributed by atoms with E-state index in [-0.39, 0.29) is 11.8 Å². The Hall–Kier alpha value is -2.25. The quantitative estimate of drug-likeness (QED) is 0.899. The van der Waals surface area contributed by atoms with Crippen LogP contribution in [-0.2, 0) is 4.79 Å². The lowest BCUT2D eigenvalue weighted by molar-refractivity contribution is -0.127. The maximum Gasteiger partial charge on any atom is 0.223 e. The van der Waals surface area contributed by atoms with Gasteiger partial charge in [-0.05, 0) is 60.1 Å². The summed E-state index contributed by atoms with van der Waals surface area (Å²) in [6, 6.07) is 4.14. The largest absolute Gasteiger partial charge is 0.355 e. The van der Waals surface area contributed by atoms with Crippen LogP contribution in [0.2, 0.25) is 0 Å².